The van der Waals surface area contributed by atoms with Crippen molar-refractivity contribution in [1.29, 1.82) is 0 Å². The minimum atomic E-state index is -4.34. The Bertz CT molecular complexity index is 669. The molecule has 5 heteroatoms. The first-order valence-electron chi connectivity index (χ1n) is 7.10. The first-order chi connectivity index (χ1) is 10.4. The smallest absolute Gasteiger partial charge is 0.391 e. The largest absolute Gasteiger partial charge is 0.416 e. The molecule has 2 N–H and O–H groups in total. The summed E-state index contributed by atoms with van der Waals surface area (Å²) in [4.78, 5) is 0. The van der Waals surface area contributed by atoms with E-state index < -0.39 is 17.8 Å². The van der Waals surface area contributed by atoms with E-state index in [1.807, 2.05) is 24.3 Å². The maximum atomic E-state index is 12.7. The van der Waals surface area contributed by atoms with Crippen molar-refractivity contribution >= 4 is 0 Å². The quantitative estimate of drug-likeness (QED) is 0.910. The van der Waals surface area contributed by atoms with Crippen molar-refractivity contribution in [2.24, 2.45) is 0 Å². The molecule has 0 saturated heterocycles. The number of hydrogen-bond acceptors (Lipinski definition) is 2. The average Bonchev–Trinajstić information content (AvgIpc) is 2.80. The van der Waals surface area contributed by atoms with Gasteiger partial charge in [-0.3, -0.25) is 0 Å². The number of aliphatic hydroxyl groups is 1. The number of nitrogens with one attached hydrogen (secondary N) is 1. The highest BCUT2D eigenvalue weighted by atomic mass is 19.4. The van der Waals surface area contributed by atoms with Crippen LogP contribution < -0.4 is 5.32 Å². The second-order valence-electron chi connectivity index (χ2n) is 5.53. The molecule has 0 radical (unpaired) electrons. The molecule has 2 atom stereocenters. The number of benzene rings is 2. The van der Waals surface area contributed by atoms with Gasteiger partial charge in [0.05, 0.1) is 17.7 Å². The number of rotatable bonds is 3. The minimum Gasteiger partial charge on any atom is -0.391 e. The molecular formula is C17H16F3NO. The average molecular weight is 307 g/mol. The van der Waals surface area contributed by atoms with Gasteiger partial charge in [-0.05, 0) is 22.8 Å². The number of alkyl halides is 3. The molecule has 2 aromatic rings. The highest BCUT2D eigenvalue weighted by Gasteiger charge is 2.31. The fraction of sp³-hybridized carbons (Fsp3) is 0.294. The Morgan fingerprint density at radius 2 is 1.86 bits per heavy atom. The first kappa shape index (κ1) is 15.1. The van der Waals surface area contributed by atoms with Crippen LogP contribution in [0.5, 0.6) is 0 Å². The summed E-state index contributed by atoms with van der Waals surface area (Å²) in [6.07, 6.45) is -4.32. The Kier molecular flexibility index (Phi) is 3.93. The van der Waals surface area contributed by atoms with Crippen molar-refractivity contribution in [1.82, 2.24) is 5.32 Å². The molecule has 1 aliphatic carbocycles. The second kappa shape index (κ2) is 5.74. The van der Waals surface area contributed by atoms with Crippen molar-refractivity contribution < 1.29 is 18.3 Å². The van der Waals surface area contributed by atoms with Crippen LogP contribution in [0.1, 0.15) is 28.3 Å². The molecule has 116 valence electrons. The van der Waals surface area contributed by atoms with Crippen LogP contribution >= 0.6 is 0 Å². The standard InChI is InChI=1S/C17H16F3NO/c18-17(19,20)13-6-3-4-11(8-13)10-21-16-14-7-2-1-5-12(14)9-15(16)22/h1-8,15-16,21-22H,9-10H2/t15-,16+/m0/s1. The molecule has 2 nitrogen and oxygen atoms in total. The molecule has 1 aliphatic rings. The zero-order valence-electron chi connectivity index (χ0n) is 11.8. The molecule has 0 heterocycles. The molecule has 0 spiro atoms. The fourth-order valence-electron chi connectivity index (χ4n) is 2.91. The molecular weight excluding hydrogens is 291 g/mol. The first-order valence-corrected chi connectivity index (χ1v) is 7.10. The highest BCUT2D eigenvalue weighted by Crippen LogP contribution is 2.32. The Morgan fingerprint density at radius 3 is 2.64 bits per heavy atom. The Morgan fingerprint density at radius 1 is 1.09 bits per heavy atom. The molecule has 0 saturated carbocycles. The maximum Gasteiger partial charge on any atom is 0.416 e. The summed E-state index contributed by atoms with van der Waals surface area (Å²) in [5.41, 5.74) is 1.99. The van der Waals surface area contributed by atoms with E-state index in [2.05, 4.69) is 5.32 Å². The topological polar surface area (TPSA) is 32.3 Å². The van der Waals surface area contributed by atoms with Crippen molar-refractivity contribution in [2.75, 3.05) is 0 Å². The van der Waals surface area contributed by atoms with Crippen LogP contribution in [0.4, 0.5) is 13.2 Å². The molecule has 3 rings (SSSR count). The summed E-state index contributed by atoms with van der Waals surface area (Å²) in [7, 11) is 0. The lowest BCUT2D eigenvalue weighted by atomic mass is 10.1. The van der Waals surface area contributed by atoms with Crippen LogP contribution in [-0.4, -0.2) is 11.2 Å². The van der Waals surface area contributed by atoms with Crippen LogP contribution in [0.3, 0.4) is 0 Å². The van der Waals surface area contributed by atoms with Gasteiger partial charge in [-0.25, -0.2) is 0 Å². The van der Waals surface area contributed by atoms with Crippen molar-refractivity contribution in [3.63, 3.8) is 0 Å². The molecule has 0 bridgehead atoms. The molecule has 0 fully saturated rings. The highest BCUT2D eigenvalue weighted by molar-refractivity contribution is 5.36. The lowest BCUT2D eigenvalue weighted by Crippen LogP contribution is -2.28. The molecule has 0 unspecified atom stereocenters. The molecule has 0 aromatic heterocycles. The molecule has 22 heavy (non-hydrogen) atoms. The van der Waals surface area contributed by atoms with E-state index in [1.165, 1.54) is 6.07 Å². The van der Waals surface area contributed by atoms with Crippen LogP contribution in [0.2, 0.25) is 0 Å². The number of fused-ring (bicyclic) bond motifs is 1. The van der Waals surface area contributed by atoms with E-state index >= 15 is 0 Å². The predicted octanol–water partition coefficient (Wildman–Crippen LogP) is 3.45. The number of hydrogen-bond donors (Lipinski definition) is 2. The van der Waals surface area contributed by atoms with E-state index in [9.17, 15) is 18.3 Å². The molecule has 0 aliphatic heterocycles. The van der Waals surface area contributed by atoms with Gasteiger partial charge in [0.1, 0.15) is 0 Å². The van der Waals surface area contributed by atoms with E-state index in [0.717, 1.165) is 23.3 Å². The Labute approximate surface area is 126 Å². The van der Waals surface area contributed by atoms with Gasteiger partial charge in [-0.1, -0.05) is 42.5 Å². The third-order valence-corrected chi connectivity index (χ3v) is 3.98. The Balaban J connectivity index is 1.73. The number of aliphatic hydroxyl groups excluding tert-OH is 1. The normalized spacial score (nSPS) is 20.9. The summed E-state index contributed by atoms with van der Waals surface area (Å²) in [6.45, 7) is 0.278. The summed E-state index contributed by atoms with van der Waals surface area (Å²) in [5, 5.41) is 13.3. The molecule has 2 aromatic carbocycles. The van der Waals surface area contributed by atoms with Crippen LogP contribution in [0.25, 0.3) is 0 Å². The summed E-state index contributed by atoms with van der Waals surface area (Å²) >= 11 is 0. The fourth-order valence-corrected chi connectivity index (χ4v) is 2.91. The van der Waals surface area contributed by atoms with Gasteiger partial charge < -0.3 is 10.4 Å². The van der Waals surface area contributed by atoms with Gasteiger partial charge in [0, 0.05) is 13.0 Å². The van der Waals surface area contributed by atoms with Crippen molar-refractivity contribution in [2.45, 2.75) is 31.3 Å². The zero-order chi connectivity index (χ0) is 15.7. The SMILES string of the molecule is O[C@H]1Cc2ccccc2[C@H]1NCc1cccc(C(F)(F)F)c1. The summed E-state index contributed by atoms with van der Waals surface area (Å²) in [6, 6.07) is 12.7. The maximum absolute atomic E-state index is 12.7. The van der Waals surface area contributed by atoms with E-state index in [0.29, 0.717) is 12.0 Å². The zero-order valence-corrected chi connectivity index (χ0v) is 11.8. The van der Waals surface area contributed by atoms with Crippen molar-refractivity contribution in [3.8, 4) is 0 Å². The van der Waals surface area contributed by atoms with Crippen LogP contribution in [0, 0.1) is 0 Å². The van der Waals surface area contributed by atoms with E-state index in [-0.39, 0.29) is 12.6 Å². The van der Waals surface area contributed by atoms with Gasteiger partial charge in [0.25, 0.3) is 0 Å². The van der Waals surface area contributed by atoms with Gasteiger partial charge in [0.15, 0.2) is 0 Å². The van der Waals surface area contributed by atoms with Gasteiger partial charge in [-0.15, -0.1) is 0 Å². The van der Waals surface area contributed by atoms with Gasteiger partial charge in [-0.2, -0.15) is 13.2 Å². The van der Waals surface area contributed by atoms with Crippen LogP contribution in [-0.2, 0) is 19.1 Å². The second-order valence-corrected chi connectivity index (χ2v) is 5.53. The monoisotopic (exact) mass is 307 g/mol. The van der Waals surface area contributed by atoms with E-state index in [4.69, 9.17) is 0 Å². The predicted molar refractivity (Wildman–Crippen MR) is 77.2 cm³/mol. The lowest BCUT2D eigenvalue weighted by molar-refractivity contribution is -0.137. The van der Waals surface area contributed by atoms with E-state index in [1.54, 1.807) is 6.07 Å². The molecule has 0 amide bonds. The third-order valence-electron chi connectivity index (χ3n) is 3.98. The van der Waals surface area contributed by atoms with Crippen LogP contribution in [0.15, 0.2) is 48.5 Å². The van der Waals surface area contributed by atoms with Gasteiger partial charge >= 0.3 is 6.18 Å². The summed E-state index contributed by atoms with van der Waals surface area (Å²) < 4.78 is 38.1. The third kappa shape index (κ3) is 3.00. The summed E-state index contributed by atoms with van der Waals surface area (Å²) in [5.74, 6) is 0. The minimum absolute atomic E-state index is 0.245. The Hall–Kier alpha value is -1.85. The number of halogens is 3. The lowest BCUT2D eigenvalue weighted by Gasteiger charge is -2.18. The van der Waals surface area contributed by atoms with Crippen molar-refractivity contribution in [3.05, 3.63) is 70.8 Å². The van der Waals surface area contributed by atoms with Gasteiger partial charge in [0.2, 0.25) is 0 Å².